The number of aryl methyl sites for hydroxylation is 3. The summed E-state index contributed by atoms with van der Waals surface area (Å²) in [7, 11) is 0. The maximum atomic E-state index is 2.20. The third-order valence-electron chi connectivity index (χ3n) is 1.66. The fraction of sp³-hybridized carbons (Fsp3) is 0.455. The first-order valence-corrected chi connectivity index (χ1v) is 4.24. The second kappa shape index (κ2) is 7.90. The molecule has 0 aliphatic rings. The van der Waals surface area contributed by atoms with Crippen molar-refractivity contribution >= 4 is 0 Å². The largest absolute Gasteiger partial charge is 0.0683 e. The Balaban J connectivity index is 0. The first kappa shape index (κ1) is 14.8. The molecule has 0 bridgehead atoms. The van der Waals surface area contributed by atoms with Gasteiger partial charge in [-0.25, -0.2) is 0 Å². The second-order valence-corrected chi connectivity index (χ2v) is 2.59. The van der Waals surface area contributed by atoms with Crippen LogP contribution in [-0.2, 0) is 0 Å². The molecular formula is C11H18U. The van der Waals surface area contributed by atoms with Crippen LogP contribution in [0.5, 0.6) is 0 Å². The molecule has 1 heteroatoms. The summed E-state index contributed by atoms with van der Waals surface area (Å²) in [6.45, 7) is 10.4. The van der Waals surface area contributed by atoms with Crippen LogP contribution < -0.4 is 0 Å². The van der Waals surface area contributed by atoms with Gasteiger partial charge in [-0.15, -0.1) is 0 Å². The predicted molar refractivity (Wildman–Crippen MR) is 52.0 cm³/mol. The van der Waals surface area contributed by atoms with Crippen molar-refractivity contribution in [1.82, 2.24) is 0 Å². The van der Waals surface area contributed by atoms with Crippen molar-refractivity contribution in [1.29, 1.82) is 0 Å². The number of rotatable bonds is 0. The minimum Gasteiger partial charge on any atom is -0.0683 e. The van der Waals surface area contributed by atoms with Crippen LogP contribution in [0.2, 0.25) is 0 Å². The topological polar surface area (TPSA) is 0 Å². The first-order valence-electron chi connectivity index (χ1n) is 4.24. The molecule has 1 aromatic carbocycles. The Bertz CT molecular complexity index is 216. The Kier molecular flexibility index (Phi) is 9.73. The van der Waals surface area contributed by atoms with Crippen molar-refractivity contribution in [2.24, 2.45) is 0 Å². The molecule has 1 rings (SSSR count). The van der Waals surface area contributed by atoms with Gasteiger partial charge >= 0.3 is 0 Å². The average molecular weight is 388 g/mol. The molecule has 0 heterocycles. The standard InChI is InChI=1S/C9H12.C2H6.U/c1-7-4-5-8(2)9(3)6-7;1-2;/h4-6H,1-3H3;1-2H3;. The zero-order valence-electron chi connectivity index (χ0n) is 8.73. The van der Waals surface area contributed by atoms with Crippen LogP contribution in [0, 0.1) is 51.9 Å². The fourth-order valence-corrected chi connectivity index (χ4v) is 0.891. The zero-order valence-corrected chi connectivity index (χ0v) is 12.9. The maximum absolute atomic E-state index is 2.20. The van der Waals surface area contributed by atoms with E-state index in [0.717, 1.165) is 0 Å². The first-order chi connectivity index (χ1) is 5.20. The molecule has 0 N–H and O–H groups in total. The quantitative estimate of drug-likeness (QED) is 0.637. The molecule has 0 aromatic heterocycles. The summed E-state index contributed by atoms with van der Waals surface area (Å²) in [6, 6.07) is 6.50. The Labute approximate surface area is 100 Å². The molecule has 0 aliphatic heterocycles. The van der Waals surface area contributed by atoms with Crippen molar-refractivity contribution in [3.63, 3.8) is 0 Å². The van der Waals surface area contributed by atoms with Gasteiger partial charge in [-0.3, -0.25) is 0 Å². The van der Waals surface area contributed by atoms with E-state index in [2.05, 4.69) is 39.0 Å². The molecule has 0 fully saturated rings. The van der Waals surface area contributed by atoms with Crippen LogP contribution >= 0.6 is 0 Å². The molecule has 0 saturated heterocycles. The summed E-state index contributed by atoms with van der Waals surface area (Å²) in [5.41, 5.74) is 4.11. The van der Waals surface area contributed by atoms with E-state index in [1.807, 2.05) is 13.8 Å². The molecule has 0 spiro atoms. The molecular weight excluding hydrogens is 370 g/mol. The maximum Gasteiger partial charge on any atom is 0 e. The monoisotopic (exact) mass is 388 g/mol. The van der Waals surface area contributed by atoms with E-state index in [1.54, 1.807) is 0 Å². The Morgan fingerprint density at radius 1 is 0.833 bits per heavy atom. The van der Waals surface area contributed by atoms with Gasteiger partial charge in [-0.1, -0.05) is 37.6 Å². The van der Waals surface area contributed by atoms with Crippen LogP contribution in [0.15, 0.2) is 18.2 Å². The summed E-state index contributed by atoms with van der Waals surface area (Å²) < 4.78 is 0. The van der Waals surface area contributed by atoms with E-state index in [-0.39, 0.29) is 31.1 Å². The molecule has 0 unspecified atom stereocenters. The Morgan fingerprint density at radius 2 is 1.33 bits per heavy atom. The third kappa shape index (κ3) is 5.01. The van der Waals surface area contributed by atoms with Gasteiger partial charge in [0.1, 0.15) is 0 Å². The summed E-state index contributed by atoms with van der Waals surface area (Å²) in [6.07, 6.45) is 0. The van der Waals surface area contributed by atoms with Crippen molar-refractivity contribution in [2.45, 2.75) is 34.6 Å². The molecule has 0 aliphatic carbocycles. The van der Waals surface area contributed by atoms with Gasteiger partial charge in [0.25, 0.3) is 0 Å². The van der Waals surface area contributed by atoms with E-state index in [9.17, 15) is 0 Å². The van der Waals surface area contributed by atoms with Crippen LogP contribution in [0.3, 0.4) is 0 Å². The van der Waals surface area contributed by atoms with Crippen molar-refractivity contribution in [3.05, 3.63) is 34.9 Å². The van der Waals surface area contributed by atoms with E-state index < -0.39 is 0 Å². The third-order valence-corrected chi connectivity index (χ3v) is 1.66. The Morgan fingerprint density at radius 3 is 1.67 bits per heavy atom. The van der Waals surface area contributed by atoms with Gasteiger partial charge < -0.3 is 0 Å². The van der Waals surface area contributed by atoms with Gasteiger partial charge in [0, 0.05) is 31.1 Å². The minimum absolute atomic E-state index is 0. The predicted octanol–water partition coefficient (Wildman–Crippen LogP) is 3.64. The molecule has 66 valence electrons. The van der Waals surface area contributed by atoms with E-state index in [1.165, 1.54) is 16.7 Å². The molecule has 0 amide bonds. The molecule has 1 aromatic rings. The molecule has 12 heavy (non-hydrogen) atoms. The molecule has 0 radical (unpaired) electrons. The van der Waals surface area contributed by atoms with E-state index in [0.29, 0.717) is 0 Å². The molecule has 0 nitrogen and oxygen atoms in total. The number of hydrogen-bond donors (Lipinski definition) is 0. The normalized spacial score (nSPS) is 7.75. The van der Waals surface area contributed by atoms with Gasteiger partial charge in [-0.05, 0) is 31.9 Å². The Hall–Kier alpha value is 0.272. The number of hydrogen-bond acceptors (Lipinski definition) is 0. The fourth-order valence-electron chi connectivity index (χ4n) is 0.891. The average Bonchev–Trinajstić information content (AvgIpc) is 2.02. The smallest absolute Gasteiger partial charge is 0 e. The summed E-state index contributed by atoms with van der Waals surface area (Å²) >= 11 is 0. The van der Waals surface area contributed by atoms with Gasteiger partial charge in [-0.2, -0.15) is 0 Å². The zero-order chi connectivity index (χ0) is 8.85. The molecule has 0 atom stereocenters. The SMILES string of the molecule is CC.Cc1ccc(C)c(C)c1.[U]. The van der Waals surface area contributed by atoms with Gasteiger partial charge in [0.2, 0.25) is 0 Å². The van der Waals surface area contributed by atoms with Crippen LogP contribution in [0.25, 0.3) is 0 Å². The summed E-state index contributed by atoms with van der Waals surface area (Å²) in [5.74, 6) is 0. The van der Waals surface area contributed by atoms with Gasteiger partial charge in [0.15, 0.2) is 0 Å². The van der Waals surface area contributed by atoms with Crippen molar-refractivity contribution < 1.29 is 31.1 Å². The van der Waals surface area contributed by atoms with Crippen molar-refractivity contribution in [2.75, 3.05) is 0 Å². The number of benzene rings is 1. The van der Waals surface area contributed by atoms with E-state index in [4.69, 9.17) is 0 Å². The second-order valence-electron chi connectivity index (χ2n) is 2.59. The van der Waals surface area contributed by atoms with Crippen LogP contribution in [0.1, 0.15) is 30.5 Å². The summed E-state index contributed by atoms with van der Waals surface area (Å²) in [5, 5.41) is 0. The minimum atomic E-state index is 0. The van der Waals surface area contributed by atoms with E-state index >= 15 is 0 Å². The molecule has 0 saturated carbocycles. The van der Waals surface area contributed by atoms with Crippen LogP contribution in [-0.4, -0.2) is 0 Å². The van der Waals surface area contributed by atoms with Crippen LogP contribution in [0.4, 0.5) is 0 Å². The van der Waals surface area contributed by atoms with Gasteiger partial charge in [0.05, 0.1) is 0 Å². The summed E-state index contributed by atoms with van der Waals surface area (Å²) in [4.78, 5) is 0. The van der Waals surface area contributed by atoms with Crippen molar-refractivity contribution in [3.8, 4) is 0 Å².